The van der Waals surface area contributed by atoms with Gasteiger partial charge < -0.3 is 18.1 Å². The molecule has 0 radical (unpaired) electrons. The van der Waals surface area contributed by atoms with Crippen molar-refractivity contribution in [2.24, 2.45) is 0 Å². The maximum atomic E-state index is 6.73. The van der Waals surface area contributed by atoms with Crippen molar-refractivity contribution in [1.29, 1.82) is 0 Å². The lowest BCUT2D eigenvalue weighted by atomic mass is 9.95. The quantitative estimate of drug-likeness (QED) is 0.181. The van der Waals surface area contributed by atoms with Crippen LogP contribution in [0.4, 0.5) is 0 Å². The highest BCUT2D eigenvalue weighted by Gasteiger charge is 2.26. The molecule has 0 unspecified atom stereocenters. The van der Waals surface area contributed by atoms with E-state index in [2.05, 4.69) is 196 Å². The summed E-state index contributed by atoms with van der Waals surface area (Å²) in [5.41, 5.74) is 14.5. The van der Waals surface area contributed by atoms with Gasteiger partial charge in [-0.05, 0) is 90.0 Å². The van der Waals surface area contributed by atoms with Crippen LogP contribution in [0.5, 0.6) is 0 Å². The van der Waals surface area contributed by atoms with Gasteiger partial charge in [-0.1, -0.05) is 109 Å². The summed E-state index contributed by atoms with van der Waals surface area (Å²) in [4.78, 5) is 0. The second-order valence-corrected chi connectivity index (χ2v) is 14.1. The molecule has 0 fully saturated rings. The average Bonchev–Trinajstić information content (AvgIpc) is 3.97. The number of furan rings is 1. The van der Waals surface area contributed by atoms with E-state index in [9.17, 15) is 0 Å². The van der Waals surface area contributed by atoms with Crippen LogP contribution < -0.4 is 0 Å². The Morgan fingerprint density at radius 1 is 0.333 bits per heavy atom. The number of rotatable bonds is 4. The Hall–Kier alpha value is -7.30. The summed E-state index contributed by atoms with van der Waals surface area (Å²) in [6.45, 7) is 0. The molecule has 4 heteroatoms. The van der Waals surface area contributed by atoms with Gasteiger partial charge in [0.15, 0.2) is 5.58 Å². The summed E-state index contributed by atoms with van der Waals surface area (Å²) >= 11 is 0. The summed E-state index contributed by atoms with van der Waals surface area (Å²) in [5, 5.41) is 7.08. The molecule has 0 atom stereocenters. The lowest BCUT2D eigenvalue weighted by Gasteiger charge is -2.14. The van der Waals surface area contributed by atoms with Gasteiger partial charge in [0.1, 0.15) is 11.1 Å². The van der Waals surface area contributed by atoms with E-state index in [0.717, 1.165) is 55.6 Å². The van der Waals surface area contributed by atoms with Gasteiger partial charge in [0.05, 0.1) is 27.6 Å². The second-order valence-electron chi connectivity index (χ2n) is 14.1. The number of fused-ring (bicyclic) bond motifs is 12. The number of hydrogen-bond acceptors (Lipinski definition) is 1. The summed E-state index contributed by atoms with van der Waals surface area (Å²) < 4.78 is 14.0. The minimum absolute atomic E-state index is 0.892. The van der Waals surface area contributed by atoms with Crippen LogP contribution in [0.15, 0.2) is 192 Å². The van der Waals surface area contributed by atoms with Gasteiger partial charge in [0.2, 0.25) is 0 Å². The van der Waals surface area contributed by atoms with Crippen molar-refractivity contribution >= 4 is 76.6 Å². The van der Waals surface area contributed by atoms with Gasteiger partial charge in [-0.2, -0.15) is 0 Å². The molecule has 8 aromatic carbocycles. The van der Waals surface area contributed by atoms with Crippen LogP contribution in [-0.2, 0) is 0 Å². The first-order valence-corrected chi connectivity index (χ1v) is 18.5. The molecule has 0 aliphatic carbocycles. The Morgan fingerprint density at radius 3 is 1.50 bits per heavy atom. The number of hydrogen-bond donors (Lipinski definition) is 0. The summed E-state index contributed by atoms with van der Waals surface area (Å²) in [5.74, 6) is 0. The Bertz CT molecular complexity index is 3420. The monoisotopic (exact) mass is 689 g/mol. The molecular formula is C50H31N3O. The molecule has 4 heterocycles. The molecule has 4 aromatic heterocycles. The Kier molecular flexibility index (Phi) is 6.02. The van der Waals surface area contributed by atoms with Crippen LogP contribution in [0.3, 0.4) is 0 Å². The first-order chi connectivity index (χ1) is 26.8. The van der Waals surface area contributed by atoms with E-state index < -0.39 is 0 Å². The van der Waals surface area contributed by atoms with Crippen molar-refractivity contribution in [3.05, 3.63) is 188 Å². The molecule has 0 saturated heterocycles. The van der Waals surface area contributed by atoms with Crippen molar-refractivity contribution in [1.82, 2.24) is 13.7 Å². The largest absolute Gasteiger partial charge is 0.454 e. The fourth-order valence-electron chi connectivity index (χ4n) is 9.00. The van der Waals surface area contributed by atoms with Crippen LogP contribution in [0, 0.1) is 0 Å². The molecule has 4 nitrogen and oxygen atoms in total. The third-order valence-corrected chi connectivity index (χ3v) is 11.2. The molecule has 0 bridgehead atoms. The first kappa shape index (κ1) is 29.3. The van der Waals surface area contributed by atoms with E-state index >= 15 is 0 Å². The second kappa shape index (κ2) is 11.1. The Morgan fingerprint density at radius 2 is 0.833 bits per heavy atom. The Balaban J connectivity index is 1.28. The number of para-hydroxylation sites is 6. The summed E-state index contributed by atoms with van der Waals surface area (Å²) in [6.07, 6.45) is 0. The van der Waals surface area contributed by atoms with E-state index in [0.29, 0.717) is 0 Å². The third-order valence-electron chi connectivity index (χ3n) is 11.2. The molecule has 0 spiro atoms. The van der Waals surface area contributed by atoms with Crippen LogP contribution in [0.1, 0.15) is 0 Å². The predicted octanol–water partition coefficient (Wildman–Crippen LogP) is 13.4. The zero-order chi connectivity index (χ0) is 35.3. The lowest BCUT2D eigenvalue weighted by molar-refractivity contribution is 0.673. The van der Waals surface area contributed by atoms with Gasteiger partial charge in [0.25, 0.3) is 0 Å². The standard InChI is InChI=1S/C50H31N3O/c1-4-16-33(17-5-1)51-42-25-13-10-22-36(42)40-31-39(46-37-23-11-14-26-43(37)53(49(46)47(40)51)35-20-8-3-9-21-35)32-28-29-44-41(30-32)50-48(38-24-12-15-27-45(38)54-50)52(44)34-18-6-2-7-19-34/h1-31H. The van der Waals surface area contributed by atoms with Crippen LogP contribution in [-0.4, -0.2) is 13.7 Å². The normalized spacial score (nSPS) is 12.1. The topological polar surface area (TPSA) is 27.9 Å². The predicted molar refractivity (Wildman–Crippen MR) is 225 cm³/mol. The molecular weight excluding hydrogens is 659 g/mol. The SMILES string of the molecule is c1ccc(-n2c3ccc(-c4cc5c6ccccc6n(-c6ccccc6)c5c5c4c4ccccc4n5-c4ccccc4)cc3c3oc4ccccc4c32)cc1. The molecule has 0 saturated carbocycles. The molecule has 12 aromatic rings. The number of nitrogens with zero attached hydrogens (tertiary/aromatic N) is 3. The minimum atomic E-state index is 0.892. The highest BCUT2D eigenvalue weighted by molar-refractivity contribution is 6.28. The van der Waals surface area contributed by atoms with Crippen LogP contribution in [0.2, 0.25) is 0 Å². The van der Waals surface area contributed by atoms with Crippen molar-refractivity contribution in [3.8, 4) is 28.2 Å². The number of aromatic nitrogens is 3. The third kappa shape index (κ3) is 3.97. The van der Waals surface area contributed by atoms with Crippen LogP contribution >= 0.6 is 0 Å². The van der Waals surface area contributed by atoms with Crippen molar-refractivity contribution in [2.75, 3.05) is 0 Å². The van der Waals surface area contributed by atoms with Gasteiger partial charge in [-0.15, -0.1) is 0 Å². The lowest BCUT2D eigenvalue weighted by Crippen LogP contribution is -1.99. The summed E-state index contributed by atoms with van der Waals surface area (Å²) in [7, 11) is 0. The molecule has 0 aliphatic heterocycles. The van der Waals surface area contributed by atoms with Crippen LogP contribution in [0.25, 0.3) is 105 Å². The maximum absolute atomic E-state index is 6.73. The van der Waals surface area contributed by atoms with Gasteiger partial charge in [0, 0.05) is 49.4 Å². The number of benzene rings is 8. The van der Waals surface area contributed by atoms with Gasteiger partial charge >= 0.3 is 0 Å². The van der Waals surface area contributed by atoms with E-state index in [1.165, 1.54) is 49.2 Å². The van der Waals surface area contributed by atoms with Crippen molar-refractivity contribution < 1.29 is 4.42 Å². The first-order valence-electron chi connectivity index (χ1n) is 18.5. The maximum Gasteiger partial charge on any atom is 0.161 e. The molecule has 0 aliphatic rings. The highest BCUT2D eigenvalue weighted by atomic mass is 16.3. The molecule has 0 amide bonds. The summed E-state index contributed by atoms with van der Waals surface area (Å²) in [6, 6.07) is 67.6. The molecule has 252 valence electrons. The average molecular weight is 690 g/mol. The van der Waals surface area contributed by atoms with Gasteiger partial charge in [-0.3, -0.25) is 0 Å². The zero-order valence-electron chi connectivity index (χ0n) is 29.1. The van der Waals surface area contributed by atoms with Crippen molar-refractivity contribution in [2.45, 2.75) is 0 Å². The smallest absolute Gasteiger partial charge is 0.161 e. The molecule has 54 heavy (non-hydrogen) atoms. The Labute approximate surface area is 309 Å². The van der Waals surface area contributed by atoms with E-state index in [1.807, 2.05) is 6.07 Å². The fourth-order valence-corrected chi connectivity index (χ4v) is 9.00. The van der Waals surface area contributed by atoms with Crippen molar-refractivity contribution in [3.63, 3.8) is 0 Å². The van der Waals surface area contributed by atoms with E-state index in [1.54, 1.807) is 0 Å². The fraction of sp³-hybridized carbons (Fsp3) is 0. The molecule has 0 N–H and O–H groups in total. The molecule has 12 rings (SSSR count). The zero-order valence-corrected chi connectivity index (χ0v) is 29.1. The minimum Gasteiger partial charge on any atom is -0.454 e. The highest BCUT2D eigenvalue weighted by Crippen LogP contribution is 2.47. The van der Waals surface area contributed by atoms with E-state index in [4.69, 9.17) is 4.42 Å². The van der Waals surface area contributed by atoms with Gasteiger partial charge in [-0.25, -0.2) is 0 Å². The van der Waals surface area contributed by atoms with E-state index in [-0.39, 0.29) is 0 Å².